The summed E-state index contributed by atoms with van der Waals surface area (Å²) >= 11 is 6.10. The predicted molar refractivity (Wildman–Crippen MR) is 72.1 cm³/mol. The molecule has 0 amide bonds. The quantitative estimate of drug-likeness (QED) is 0.653. The third-order valence-corrected chi connectivity index (χ3v) is 3.24. The molecule has 8 nitrogen and oxygen atoms in total. The molecule has 9 heteroatoms. The summed E-state index contributed by atoms with van der Waals surface area (Å²) in [5, 5.41) is 23.0. The molecule has 0 aliphatic rings. The molecule has 0 radical (unpaired) electrons. The molecule has 0 saturated carbocycles. The van der Waals surface area contributed by atoms with Gasteiger partial charge in [0.1, 0.15) is 17.3 Å². The minimum atomic E-state index is 0.0743. The van der Waals surface area contributed by atoms with Crippen LogP contribution in [0.2, 0.25) is 5.15 Å². The molecule has 3 aromatic heterocycles. The molecule has 0 bridgehead atoms. The molecule has 0 aliphatic heterocycles. The fourth-order valence-corrected chi connectivity index (χ4v) is 2.19. The number of fused-ring (bicyclic) bond motifs is 1. The van der Waals surface area contributed by atoms with Crippen LogP contribution < -0.4 is 0 Å². The lowest BCUT2D eigenvalue weighted by Crippen LogP contribution is -2.07. The molecule has 0 aromatic carbocycles. The van der Waals surface area contributed by atoms with Crippen molar-refractivity contribution in [3.05, 3.63) is 34.9 Å². The van der Waals surface area contributed by atoms with Crippen LogP contribution in [0, 0.1) is 22.7 Å². The number of hydrogen-bond acceptors (Lipinski definition) is 6. The van der Waals surface area contributed by atoms with Crippen LogP contribution in [0.1, 0.15) is 17.2 Å². The first-order chi connectivity index (χ1) is 10.1. The largest absolute Gasteiger partial charge is 0.314 e. The highest BCUT2D eigenvalue weighted by Gasteiger charge is 2.14. The van der Waals surface area contributed by atoms with Crippen LogP contribution in [0.15, 0.2) is 12.5 Å². The van der Waals surface area contributed by atoms with E-state index in [0.717, 1.165) is 0 Å². The summed E-state index contributed by atoms with van der Waals surface area (Å²) in [6, 6.07) is 3.81. The Morgan fingerprint density at radius 3 is 2.81 bits per heavy atom. The van der Waals surface area contributed by atoms with Gasteiger partial charge in [0.25, 0.3) is 0 Å². The molecule has 0 unspecified atom stereocenters. The van der Waals surface area contributed by atoms with Crippen LogP contribution >= 0.6 is 11.6 Å². The molecular weight excluding hydrogens is 292 g/mol. The van der Waals surface area contributed by atoms with E-state index in [-0.39, 0.29) is 17.9 Å². The summed E-state index contributed by atoms with van der Waals surface area (Å²) in [4.78, 5) is 12.4. The van der Waals surface area contributed by atoms with Crippen molar-refractivity contribution in [1.82, 2.24) is 29.3 Å². The van der Waals surface area contributed by atoms with E-state index >= 15 is 0 Å². The summed E-state index contributed by atoms with van der Waals surface area (Å²) in [5.41, 5.74) is 0.844. The highest BCUT2D eigenvalue weighted by atomic mass is 35.5. The summed E-state index contributed by atoms with van der Waals surface area (Å²) in [5.74, 6) is 0.412. The van der Waals surface area contributed by atoms with E-state index in [1.54, 1.807) is 17.9 Å². The number of imidazole rings is 1. The van der Waals surface area contributed by atoms with Gasteiger partial charge < -0.3 is 4.57 Å². The van der Waals surface area contributed by atoms with Gasteiger partial charge in [-0.3, -0.25) is 4.68 Å². The van der Waals surface area contributed by atoms with Gasteiger partial charge in [-0.25, -0.2) is 15.0 Å². The van der Waals surface area contributed by atoms with Crippen molar-refractivity contribution in [2.75, 3.05) is 0 Å². The standard InChI is InChI=1S/C12H7ClN8/c1-20-12-7(4-17-20)11(13)18-10(19-12)5-21-6-16-8(2-14)9(21)3-15/h4,6H,5H2,1H3. The molecule has 3 aromatic rings. The van der Waals surface area contributed by atoms with Crippen LogP contribution in [-0.2, 0) is 13.6 Å². The van der Waals surface area contributed by atoms with Crippen LogP contribution in [0.4, 0.5) is 0 Å². The zero-order valence-corrected chi connectivity index (χ0v) is 11.6. The molecule has 21 heavy (non-hydrogen) atoms. The van der Waals surface area contributed by atoms with Gasteiger partial charge in [-0.15, -0.1) is 0 Å². The van der Waals surface area contributed by atoms with Gasteiger partial charge in [-0.05, 0) is 0 Å². The highest BCUT2D eigenvalue weighted by molar-refractivity contribution is 6.33. The van der Waals surface area contributed by atoms with Gasteiger partial charge in [0, 0.05) is 7.05 Å². The van der Waals surface area contributed by atoms with E-state index < -0.39 is 0 Å². The van der Waals surface area contributed by atoms with Crippen molar-refractivity contribution in [1.29, 1.82) is 10.5 Å². The van der Waals surface area contributed by atoms with E-state index in [9.17, 15) is 0 Å². The van der Waals surface area contributed by atoms with Crippen LogP contribution in [0.5, 0.6) is 0 Å². The highest BCUT2D eigenvalue weighted by Crippen LogP contribution is 2.19. The second-order valence-corrected chi connectivity index (χ2v) is 4.59. The van der Waals surface area contributed by atoms with Crippen molar-refractivity contribution in [3.8, 4) is 12.1 Å². The van der Waals surface area contributed by atoms with E-state index in [1.165, 1.54) is 10.9 Å². The molecular formula is C12H7ClN8. The van der Waals surface area contributed by atoms with Crippen molar-refractivity contribution in [2.45, 2.75) is 6.54 Å². The van der Waals surface area contributed by atoms with Crippen LogP contribution in [-0.4, -0.2) is 29.3 Å². The Hall–Kier alpha value is -2.97. The molecule has 0 aliphatic carbocycles. The molecule has 0 saturated heterocycles. The monoisotopic (exact) mass is 298 g/mol. The smallest absolute Gasteiger partial charge is 0.176 e. The minimum Gasteiger partial charge on any atom is -0.314 e. The predicted octanol–water partition coefficient (Wildman–Crippen LogP) is 1.00. The molecule has 0 spiro atoms. The van der Waals surface area contributed by atoms with E-state index in [4.69, 9.17) is 22.1 Å². The Morgan fingerprint density at radius 1 is 1.29 bits per heavy atom. The first-order valence-electron chi connectivity index (χ1n) is 5.83. The lowest BCUT2D eigenvalue weighted by molar-refractivity contribution is 0.728. The van der Waals surface area contributed by atoms with Gasteiger partial charge in [-0.2, -0.15) is 15.6 Å². The van der Waals surface area contributed by atoms with Gasteiger partial charge >= 0.3 is 0 Å². The first kappa shape index (κ1) is 13.0. The zero-order valence-electron chi connectivity index (χ0n) is 10.8. The second-order valence-electron chi connectivity index (χ2n) is 4.23. The number of nitrogens with zero attached hydrogens (tertiary/aromatic N) is 8. The Morgan fingerprint density at radius 2 is 2.10 bits per heavy atom. The van der Waals surface area contributed by atoms with Crippen molar-refractivity contribution >= 4 is 22.6 Å². The van der Waals surface area contributed by atoms with Crippen LogP contribution in [0.3, 0.4) is 0 Å². The fraction of sp³-hybridized carbons (Fsp3) is 0.167. The first-order valence-corrected chi connectivity index (χ1v) is 6.21. The molecule has 0 N–H and O–H groups in total. The van der Waals surface area contributed by atoms with Gasteiger partial charge in [0.05, 0.1) is 24.5 Å². The third-order valence-electron chi connectivity index (χ3n) is 2.95. The van der Waals surface area contributed by atoms with E-state index in [0.29, 0.717) is 22.0 Å². The molecule has 3 rings (SSSR count). The van der Waals surface area contributed by atoms with Crippen LogP contribution in [0.25, 0.3) is 11.0 Å². The second kappa shape index (κ2) is 4.85. The summed E-state index contributed by atoms with van der Waals surface area (Å²) in [6.07, 6.45) is 3.00. The molecule has 3 heterocycles. The fourth-order valence-electron chi connectivity index (χ4n) is 1.95. The van der Waals surface area contributed by atoms with Gasteiger partial charge in [0.2, 0.25) is 0 Å². The van der Waals surface area contributed by atoms with Crippen molar-refractivity contribution in [2.24, 2.45) is 7.05 Å². The van der Waals surface area contributed by atoms with Gasteiger partial charge in [-0.1, -0.05) is 11.6 Å². The Bertz CT molecular complexity index is 923. The third kappa shape index (κ3) is 2.08. The lowest BCUT2D eigenvalue weighted by Gasteiger charge is -2.04. The summed E-state index contributed by atoms with van der Waals surface area (Å²) in [6.45, 7) is 0.193. The van der Waals surface area contributed by atoms with E-state index in [1.807, 2.05) is 12.1 Å². The molecule has 0 fully saturated rings. The topological polar surface area (TPSA) is 109 Å². The maximum Gasteiger partial charge on any atom is 0.176 e. The Kier molecular flexibility index (Phi) is 3.01. The average molecular weight is 299 g/mol. The number of aromatic nitrogens is 6. The normalized spacial score (nSPS) is 10.5. The van der Waals surface area contributed by atoms with Crippen molar-refractivity contribution < 1.29 is 0 Å². The van der Waals surface area contributed by atoms with Gasteiger partial charge in [0.15, 0.2) is 22.9 Å². The summed E-state index contributed by atoms with van der Waals surface area (Å²) in [7, 11) is 1.75. The number of aryl methyl sites for hydroxylation is 1. The Balaban J connectivity index is 2.07. The molecule has 0 atom stereocenters. The lowest BCUT2D eigenvalue weighted by atomic mass is 10.3. The number of hydrogen-bond donors (Lipinski definition) is 0. The zero-order chi connectivity index (χ0) is 15.0. The molecule has 102 valence electrons. The SMILES string of the molecule is Cn1ncc2c(Cl)nc(Cn3cnc(C#N)c3C#N)nc21. The minimum absolute atomic E-state index is 0.0743. The maximum atomic E-state index is 9.09. The number of nitriles is 2. The van der Waals surface area contributed by atoms with E-state index in [2.05, 4.69) is 20.1 Å². The van der Waals surface area contributed by atoms with Crippen molar-refractivity contribution in [3.63, 3.8) is 0 Å². The number of rotatable bonds is 2. The maximum absolute atomic E-state index is 9.09. The summed E-state index contributed by atoms with van der Waals surface area (Å²) < 4.78 is 3.10. The Labute approximate surface area is 123 Å². The average Bonchev–Trinajstić information content (AvgIpc) is 3.03. The number of halogens is 1.